The van der Waals surface area contributed by atoms with Crippen molar-refractivity contribution in [2.45, 2.75) is 38.5 Å². The minimum atomic E-state index is -0.797. The number of carbonyl (C=O) groups is 2. The number of rotatable bonds is 4. The first-order valence-corrected chi connectivity index (χ1v) is 5.86. The molecule has 0 amide bonds. The summed E-state index contributed by atoms with van der Waals surface area (Å²) in [5.41, 5.74) is -0.305. The van der Waals surface area contributed by atoms with Gasteiger partial charge in [0.1, 0.15) is 0 Å². The molecule has 0 spiro atoms. The normalized spacial score (nSPS) is 36.3. The third-order valence-electron chi connectivity index (χ3n) is 4.34. The van der Waals surface area contributed by atoms with Gasteiger partial charge in [0.2, 0.25) is 0 Å². The van der Waals surface area contributed by atoms with Gasteiger partial charge in [-0.15, -0.1) is 0 Å². The molecule has 4 heteroatoms. The third kappa shape index (κ3) is 1.81. The van der Waals surface area contributed by atoms with Gasteiger partial charge in [0, 0.05) is 0 Å². The lowest BCUT2D eigenvalue weighted by Gasteiger charge is -2.51. The van der Waals surface area contributed by atoms with Crippen molar-refractivity contribution >= 4 is 11.9 Å². The van der Waals surface area contributed by atoms with Crippen LogP contribution >= 0.6 is 0 Å². The van der Waals surface area contributed by atoms with E-state index in [2.05, 4.69) is 4.74 Å². The molecule has 1 N–H and O–H groups in total. The maximum Gasteiger partial charge on any atom is 0.306 e. The monoisotopic (exact) mass is 226 g/mol. The summed E-state index contributed by atoms with van der Waals surface area (Å²) in [5.74, 6) is 0.0209. The van der Waals surface area contributed by atoms with Gasteiger partial charge in [-0.3, -0.25) is 9.59 Å². The molecule has 0 heterocycles. The van der Waals surface area contributed by atoms with Crippen LogP contribution < -0.4 is 0 Å². The Morgan fingerprint density at radius 3 is 2.69 bits per heavy atom. The average Bonchev–Trinajstić information content (AvgIpc) is 2.59. The second kappa shape index (κ2) is 4.07. The summed E-state index contributed by atoms with van der Waals surface area (Å²) in [5, 5.41) is 8.97. The molecular weight excluding hydrogens is 208 g/mol. The van der Waals surface area contributed by atoms with Crippen molar-refractivity contribution in [2.24, 2.45) is 17.3 Å². The topological polar surface area (TPSA) is 63.6 Å². The Morgan fingerprint density at radius 1 is 1.38 bits per heavy atom. The van der Waals surface area contributed by atoms with Crippen LogP contribution in [0.15, 0.2) is 0 Å². The van der Waals surface area contributed by atoms with Crippen molar-refractivity contribution in [3.8, 4) is 0 Å². The molecule has 0 radical (unpaired) electrons. The lowest BCUT2D eigenvalue weighted by Crippen LogP contribution is -2.48. The fourth-order valence-corrected chi connectivity index (χ4v) is 3.73. The molecule has 16 heavy (non-hydrogen) atoms. The van der Waals surface area contributed by atoms with E-state index in [0.717, 1.165) is 12.8 Å². The molecule has 0 aliphatic heterocycles. The first-order valence-electron chi connectivity index (χ1n) is 5.86. The minimum Gasteiger partial charge on any atom is -0.481 e. The van der Waals surface area contributed by atoms with E-state index in [0.29, 0.717) is 11.8 Å². The van der Waals surface area contributed by atoms with Crippen LogP contribution in [0.5, 0.6) is 0 Å². The summed E-state index contributed by atoms with van der Waals surface area (Å²) >= 11 is 0. The summed E-state index contributed by atoms with van der Waals surface area (Å²) < 4.78 is 4.68. The van der Waals surface area contributed by atoms with Gasteiger partial charge in [0.15, 0.2) is 0 Å². The van der Waals surface area contributed by atoms with E-state index in [9.17, 15) is 9.59 Å². The van der Waals surface area contributed by atoms with Gasteiger partial charge in [-0.1, -0.05) is 12.8 Å². The molecule has 0 saturated heterocycles. The van der Waals surface area contributed by atoms with Gasteiger partial charge >= 0.3 is 11.9 Å². The van der Waals surface area contributed by atoms with Crippen molar-refractivity contribution in [1.82, 2.24) is 0 Å². The largest absolute Gasteiger partial charge is 0.481 e. The summed E-state index contributed by atoms with van der Waals surface area (Å²) in [6.07, 6.45) is 4.74. The molecule has 2 fully saturated rings. The van der Waals surface area contributed by atoms with Gasteiger partial charge in [-0.05, 0) is 30.1 Å². The molecule has 0 bridgehead atoms. The van der Waals surface area contributed by atoms with Crippen LogP contribution in [0.4, 0.5) is 0 Å². The van der Waals surface area contributed by atoms with Crippen LogP contribution in [-0.4, -0.2) is 24.2 Å². The Bertz CT molecular complexity index is 312. The van der Waals surface area contributed by atoms with E-state index in [4.69, 9.17) is 5.11 Å². The zero-order chi connectivity index (χ0) is 11.8. The van der Waals surface area contributed by atoms with Gasteiger partial charge in [0.25, 0.3) is 0 Å². The lowest BCUT2D eigenvalue weighted by molar-refractivity contribution is -0.156. The van der Waals surface area contributed by atoms with Gasteiger partial charge in [0.05, 0.1) is 20.0 Å². The maximum atomic E-state index is 11.4. The summed E-state index contributed by atoms with van der Waals surface area (Å²) in [6.45, 7) is 0. The minimum absolute atomic E-state index is 0.114. The molecule has 0 aromatic carbocycles. The van der Waals surface area contributed by atoms with Crippen LogP contribution in [0.3, 0.4) is 0 Å². The van der Waals surface area contributed by atoms with Crippen molar-refractivity contribution in [3.63, 3.8) is 0 Å². The quantitative estimate of drug-likeness (QED) is 0.743. The van der Waals surface area contributed by atoms with Gasteiger partial charge < -0.3 is 9.84 Å². The second-order valence-electron chi connectivity index (χ2n) is 5.19. The number of methoxy groups -OCH3 is 1. The first kappa shape index (κ1) is 11.4. The fourth-order valence-electron chi connectivity index (χ4n) is 3.73. The van der Waals surface area contributed by atoms with Gasteiger partial charge in [-0.2, -0.15) is 0 Å². The smallest absolute Gasteiger partial charge is 0.306 e. The molecule has 4 nitrogen and oxygen atoms in total. The maximum absolute atomic E-state index is 11.4. The molecule has 2 saturated carbocycles. The molecule has 0 unspecified atom stereocenters. The number of fused-ring (bicyclic) bond motifs is 1. The number of carboxylic acid groups (broad SMARTS) is 1. The predicted octanol–water partition coefficient (Wildman–Crippen LogP) is 1.83. The summed E-state index contributed by atoms with van der Waals surface area (Å²) in [7, 11) is 1.36. The van der Waals surface area contributed by atoms with Crippen LogP contribution in [0, 0.1) is 17.3 Å². The second-order valence-corrected chi connectivity index (χ2v) is 5.19. The third-order valence-corrected chi connectivity index (χ3v) is 4.34. The number of hydrogen-bond donors (Lipinski definition) is 1. The van der Waals surface area contributed by atoms with Crippen molar-refractivity contribution in [3.05, 3.63) is 0 Å². The van der Waals surface area contributed by atoms with Crippen LogP contribution in [-0.2, 0) is 14.3 Å². The van der Waals surface area contributed by atoms with E-state index in [1.54, 1.807) is 0 Å². The SMILES string of the molecule is COC(=O)C[C@]1(CC(=O)O)C[C@@H]2CCC[C@@H]21. The number of ether oxygens (including phenoxy) is 1. The highest BCUT2D eigenvalue weighted by Crippen LogP contribution is 2.62. The molecule has 3 atom stereocenters. The zero-order valence-electron chi connectivity index (χ0n) is 9.57. The molecule has 0 aromatic rings. The van der Waals surface area contributed by atoms with Crippen LogP contribution in [0.1, 0.15) is 38.5 Å². The summed E-state index contributed by atoms with van der Waals surface area (Å²) in [6, 6.07) is 0. The first-order chi connectivity index (χ1) is 7.57. The molecule has 2 rings (SSSR count). The zero-order valence-corrected chi connectivity index (χ0v) is 9.57. The van der Waals surface area contributed by atoms with Crippen molar-refractivity contribution in [2.75, 3.05) is 7.11 Å². The number of carboxylic acids is 1. The van der Waals surface area contributed by atoms with Crippen molar-refractivity contribution < 1.29 is 19.4 Å². The fraction of sp³-hybridized carbons (Fsp3) is 0.833. The molecular formula is C12H18O4. The van der Waals surface area contributed by atoms with E-state index >= 15 is 0 Å². The number of carbonyl (C=O) groups excluding carboxylic acids is 1. The summed E-state index contributed by atoms with van der Waals surface area (Å²) in [4.78, 5) is 22.3. The standard InChI is InChI=1S/C12H18O4/c1-16-11(15)7-12(6-10(13)14)5-8-3-2-4-9(8)12/h8-9H,2-7H2,1H3,(H,13,14)/t8-,9-,12+/m0/s1. The Hall–Kier alpha value is -1.06. The highest BCUT2D eigenvalue weighted by Gasteiger charge is 2.56. The highest BCUT2D eigenvalue weighted by atomic mass is 16.5. The lowest BCUT2D eigenvalue weighted by atomic mass is 9.52. The molecule has 90 valence electrons. The number of hydrogen-bond acceptors (Lipinski definition) is 3. The molecule has 0 aromatic heterocycles. The molecule has 2 aliphatic carbocycles. The predicted molar refractivity (Wildman–Crippen MR) is 56.8 cm³/mol. The Kier molecular flexibility index (Phi) is 2.91. The number of aliphatic carboxylic acids is 1. The van der Waals surface area contributed by atoms with E-state index in [1.165, 1.54) is 20.0 Å². The van der Waals surface area contributed by atoms with Crippen molar-refractivity contribution in [1.29, 1.82) is 0 Å². The van der Waals surface area contributed by atoms with Gasteiger partial charge in [-0.25, -0.2) is 0 Å². The van der Waals surface area contributed by atoms with Crippen LogP contribution in [0.2, 0.25) is 0 Å². The van der Waals surface area contributed by atoms with E-state index in [1.807, 2.05) is 0 Å². The van der Waals surface area contributed by atoms with E-state index < -0.39 is 5.97 Å². The molecule has 2 aliphatic rings. The average molecular weight is 226 g/mol. The van der Waals surface area contributed by atoms with Crippen LogP contribution in [0.25, 0.3) is 0 Å². The Balaban J connectivity index is 2.08. The Labute approximate surface area is 95.0 Å². The Morgan fingerprint density at radius 2 is 2.12 bits per heavy atom. The number of esters is 1. The highest BCUT2D eigenvalue weighted by molar-refractivity contribution is 5.73. The van der Waals surface area contributed by atoms with E-state index in [-0.39, 0.29) is 24.2 Å².